The highest BCUT2D eigenvalue weighted by Crippen LogP contribution is 2.50. The van der Waals surface area contributed by atoms with Crippen LogP contribution in [0, 0.1) is 6.92 Å². The number of rotatable bonds is 0. The van der Waals surface area contributed by atoms with E-state index in [9.17, 15) is 0 Å². The second-order valence-electron chi connectivity index (χ2n) is 11.1. The second kappa shape index (κ2) is 5.35. The fraction of sp³-hybridized carbons (Fsp3) is 0.480. The molecule has 4 nitrogen and oxygen atoms in total. The van der Waals surface area contributed by atoms with Crippen molar-refractivity contribution in [2.75, 3.05) is 0 Å². The van der Waals surface area contributed by atoms with Crippen molar-refractivity contribution in [1.29, 1.82) is 0 Å². The van der Waals surface area contributed by atoms with Gasteiger partial charge in [-0.3, -0.25) is 9.38 Å². The molecule has 4 aromatic rings. The van der Waals surface area contributed by atoms with Crippen LogP contribution in [0.15, 0.2) is 24.4 Å². The highest BCUT2D eigenvalue weighted by molar-refractivity contribution is 5.98. The van der Waals surface area contributed by atoms with E-state index < -0.39 is 0 Å². The standard InChI is InChI=1S/C25H30N4/c1-14-27-20-15(9-10-26-21(20)23(2,3)4)22-28-18-11-16-17(12-19(18)29(14)22)25(7,8)13-24(16,5)6/h9-12H,13H2,1-8H3. The Hall–Kier alpha value is -2.49. The molecule has 0 spiro atoms. The molecule has 0 fully saturated rings. The number of fused-ring (bicyclic) bond motifs is 6. The van der Waals surface area contributed by atoms with E-state index in [1.54, 1.807) is 0 Å². The Morgan fingerprint density at radius 1 is 0.966 bits per heavy atom. The minimum atomic E-state index is -0.0709. The van der Waals surface area contributed by atoms with Crippen LogP contribution in [0.5, 0.6) is 0 Å². The van der Waals surface area contributed by atoms with Gasteiger partial charge >= 0.3 is 0 Å². The van der Waals surface area contributed by atoms with E-state index in [0.717, 1.165) is 45.5 Å². The van der Waals surface area contributed by atoms with Gasteiger partial charge in [0, 0.05) is 17.0 Å². The van der Waals surface area contributed by atoms with Crippen molar-refractivity contribution in [3.8, 4) is 0 Å². The summed E-state index contributed by atoms with van der Waals surface area (Å²) in [5, 5.41) is 1.07. The van der Waals surface area contributed by atoms with Gasteiger partial charge in [-0.2, -0.15) is 0 Å². The number of hydrogen-bond acceptors (Lipinski definition) is 3. The molecular weight excluding hydrogens is 356 g/mol. The SMILES string of the molecule is Cc1nc2c(C(C)(C)C)nccc2c2nc3cc4c(cc3n12)C(C)(C)CC4(C)C. The molecule has 0 amide bonds. The van der Waals surface area contributed by atoms with E-state index in [2.05, 4.69) is 83.0 Å². The number of benzene rings is 1. The monoisotopic (exact) mass is 386 g/mol. The maximum Gasteiger partial charge on any atom is 0.148 e. The smallest absolute Gasteiger partial charge is 0.148 e. The Bertz CT molecular complexity index is 1320. The first-order valence-electron chi connectivity index (χ1n) is 10.5. The van der Waals surface area contributed by atoms with Gasteiger partial charge in [0.25, 0.3) is 0 Å². The Morgan fingerprint density at radius 3 is 2.28 bits per heavy atom. The molecule has 5 rings (SSSR count). The summed E-state index contributed by atoms with van der Waals surface area (Å²) in [7, 11) is 0. The van der Waals surface area contributed by atoms with E-state index in [0.29, 0.717) is 0 Å². The molecule has 0 saturated heterocycles. The lowest BCUT2D eigenvalue weighted by molar-refractivity contribution is 0.403. The Labute approximate surface area is 172 Å². The summed E-state index contributed by atoms with van der Waals surface area (Å²) >= 11 is 0. The van der Waals surface area contributed by atoms with Crippen molar-refractivity contribution in [1.82, 2.24) is 19.4 Å². The van der Waals surface area contributed by atoms with Crippen molar-refractivity contribution in [3.63, 3.8) is 0 Å². The highest BCUT2D eigenvalue weighted by Gasteiger charge is 2.42. The molecule has 1 aromatic carbocycles. The summed E-state index contributed by atoms with van der Waals surface area (Å²) < 4.78 is 2.23. The molecule has 3 aromatic heterocycles. The average Bonchev–Trinajstić information content (AvgIpc) is 3.05. The maximum absolute atomic E-state index is 5.11. The lowest BCUT2D eigenvalue weighted by Crippen LogP contribution is -2.18. The van der Waals surface area contributed by atoms with Gasteiger partial charge in [0.1, 0.15) is 11.5 Å². The van der Waals surface area contributed by atoms with E-state index >= 15 is 0 Å². The fourth-order valence-corrected chi connectivity index (χ4v) is 5.56. The van der Waals surface area contributed by atoms with Crippen LogP contribution < -0.4 is 0 Å². The zero-order chi connectivity index (χ0) is 20.9. The number of hydrogen-bond donors (Lipinski definition) is 0. The first kappa shape index (κ1) is 18.5. The van der Waals surface area contributed by atoms with Crippen LogP contribution in [-0.4, -0.2) is 19.4 Å². The first-order valence-corrected chi connectivity index (χ1v) is 10.5. The third-order valence-electron chi connectivity index (χ3n) is 6.61. The van der Waals surface area contributed by atoms with E-state index in [4.69, 9.17) is 9.97 Å². The molecule has 0 aliphatic heterocycles. The summed E-state index contributed by atoms with van der Waals surface area (Å²) in [5.41, 5.74) is 8.33. The third-order valence-corrected chi connectivity index (χ3v) is 6.61. The molecule has 3 heterocycles. The van der Waals surface area contributed by atoms with Crippen LogP contribution in [0.25, 0.3) is 27.6 Å². The Kier molecular flexibility index (Phi) is 3.42. The van der Waals surface area contributed by atoms with Crippen LogP contribution in [0.1, 0.15) is 77.5 Å². The molecule has 0 saturated carbocycles. The molecule has 4 heteroatoms. The van der Waals surface area contributed by atoms with Gasteiger partial charge < -0.3 is 0 Å². The van der Waals surface area contributed by atoms with Gasteiger partial charge in [-0.05, 0) is 53.5 Å². The zero-order valence-corrected chi connectivity index (χ0v) is 18.8. The highest BCUT2D eigenvalue weighted by atomic mass is 15.1. The van der Waals surface area contributed by atoms with Gasteiger partial charge in [-0.25, -0.2) is 9.97 Å². The van der Waals surface area contributed by atoms with Crippen LogP contribution >= 0.6 is 0 Å². The quantitative estimate of drug-likeness (QED) is 0.372. The van der Waals surface area contributed by atoms with Crippen molar-refractivity contribution < 1.29 is 0 Å². The summed E-state index contributed by atoms with van der Waals surface area (Å²) in [4.78, 5) is 14.8. The molecule has 29 heavy (non-hydrogen) atoms. The number of imidazole rings is 1. The zero-order valence-electron chi connectivity index (χ0n) is 18.8. The first-order chi connectivity index (χ1) is 13.4. The van der Waals surface area contributed by atoms with Crippen molar-refractivity contribution in [3.05, 3.63) is 47.0 Å². The molecule has 1 aliphatic rings. The Morgan fingerprint density at radius 2 is 1.62 bits per heavy atom. The summed E-state index contributed by atoms with van der Waals surface area (Å²) in [6.07, 6.45) is 3.05. The van der Waals surface area contributed by atoms with Gasteiger partial charge in [-0.15, -0.1) is 0 Å². The molecule has 0 radical (unpaired) electrons. The summed E-state index contributed by atoms with van der Waals surface area (Å²) in [6.45, 7) is 18.1. The van der Waals surface area contributed by atoms with Crippen LogP contribution in [0.2, 0.25) is 0 Å². The van der Waals surface area contributed by atoms with E-state index in [1.807, 2.05) is 6.20 Å². The number of pyridine rings is 1. The third kappa shape index (κ3) is 2.47. The van der Waals surface area contributed by atoms with Gasteiger partial charge in [-0.1, -0.05) is 48.5 Å². The predicted octanol–water partition coefficient (Wildman–Crippen LogP) is 6.00. The summed E-state index contributed by atoms with van der Waals surface area (Å²) in [6, 6.07) is 6.75. The van der Waals surface area contributed by atoms with Crippen molar-refractivity contribution >= 4 is 27.6 Å². The average molecular weight is 387 g/mol. The van der Waals surface area contributed by atoms with Crippen molar-refractivity contribution in [2.45, 2.75) is 78.1 Å². The van der Waals surface area contributed by atoms with E-state index in [-0.39, 0.29) is 16.2 Å². The van der Waals surface area contributed by atoms with Gasteiger partial charge in [0.05, 0.1) is 22.2 Å². The molecular formula is C25H30N4. The molecule has 0 unspecified atom stereocenters. The lowest BCUT2D eigenvalue weighted by atomic mass is 9.82. The molecule has 0 atom stereocenters. The van der Waals surface area contributed by atoms with Crippen LogP contribution in [0.3, 0.4) is 0 Å². The van der Waals surface area contributed by atoms with Crippen molar-refractivity contribution in [2.24, 2.45) is 0 Å². The number of nitrogens with zero attached hydrogens (tertiary/aromatic N) is 4. The van der Waals surface area contributed by atoms with Gasteiger partial charge in [0.2, 0.25) is 0 Å². The second-order valence-corrected chi connectivity index (χ2v) is 11.1. The minimum Gasteiger partial charge on any atom is -0.280 e. The largest absolute Gasteiger partial charge is 0.280 e. The van der Waals surface area contributed by atoms with Crippen LogP contribution in [0.4, 0.5) is 0 Å². The molecule has 0 bridgehead atoms. The summed E-state index contributed by atoms with van der Waals surface area (Å²) in [5.74, 6) is 0.962. The normalized spacial score (nSPS) is 18.1. The molecule has 0 N–H and O–H groups in total. The lowest BCUT2D eigenvalue weighted by Gasteiger charge is -2.22. The topological polar surface area (TPSA) is 43.1 Å². The molecule has 1 aliphatic carbocycles. The maximum atomic E-state index is 5.11. The van der Waals surface area contributed by atoms with E-state index in [1.165, 1.54) is 11.1 Å². The molecule has 150 valence electrons. The number of aromatic nitrogens is 4. The predicted molar refractivity (Wildman–Crippen MR) is 120 cm³/mol. The minimum absolute atomic E-state index is 0.0709. The fourth-order valence-electron chi connectivity index (χ4n) is 5.56. The van der Waals surface area contributed by atoms with Gasteiger partial charge in [0.15, 0.2) is 0 Å². The van der Waals surface area contributed by atoms with Crippen LogP contribution in [-0.2, 0) is 16.2 Å². The number of aryl methyl sites for hydroxylation is 1. The Balaban J connectivity index is 1.93.